The molecule has 1 N–H and O–H groups in total. The van der Waals surface area contributed by atoms with Gasteiger partial charge in [0, 0.05) is 38.7 Å². The van der Waals surface area contributed by atoms with Crippen LogP contribution < -0.4 is 4.90 Å². The van der Waals surface area contributed by atoms with Crippen LogP contribution in [0.4, 0.5) is 5.82 Å². The topological polar surface area (TPSA) is 69.6 Å². The van der Waals surface area contributed by atoms with Crippen molar-refractivity contribution >= 4 is 11.7 Å². The molecule has 0 bridgehead atoms. The average Bonchev–Trinajstić information content (AvgIpc) is 2.67. The van der Waals surface area contributed by atoms with Gasteiger partial charge >= 0.3 is 0 Å². The summed E-state index contributed by atoms with van der Waals surface area (Å²) < 4.78 is 0. The molecule has 6 nitrogen and oxygen atoms in total. The lowest BCUT2D eigenvalue weighted by molar-refractivity contribution is -0.128. The number of carbonyl (C=O) groups excluding carboxylic acids is 1. The summed E-state index contributed by atoms with van der Waals surface area (Å²) >= 11 is 0. The largest absolute Gasteiger partial charge is 0.387 e. The molecule has 1 fully saturated rings. The van der Waals surface area contributed by atoms with Gasteiger partial charge in [-0.1, -0.05) is 6.92 Å². The highest BCUT2D eigenvalue weighted by molar-refractivity contribution is 5.73. The maximum Gasteiger partial charge on any atom is 0.219 e. The van der Waals surface area contributed by atoms with E-state index in [2.05, 4.69) is 21.8 Å². The van der Waals surface area contributed by atoms with Crippen molar-refractivity contribution in [1.29, 1.82) is 0 Å². The van der Waals surface area contributed by atoms with Crippen LogP contribution in [0.1, 0.15) is 50.0 Å². The third-order valence-electron chi connectivity index (χ3n) is 4.52. The highest BCUT2D eigenvalue weighted by Crippen LogP contribution is 2.42. The molecule has 1 saturated heterocycles. The lowest BCUT2D eigenvalue weighted by Gasteiger charge is -2.25. The van der Waals surface area contributed by atoms with Crippen LogP contribution in [-0.4, -0.2) is 52.1 Å². The zero-order valence-electron chi connectivity index (χ0n) is 12.6. The van der Waals surface area contributed by atoms with Crippen LogP contribution in [0.15, 0.2) is 6.33 Å². The lowest BCUT2D eigenvalue weighted by atomic mass is 10.1. The molecule has 0 spiro atoms. The quantitative estimate of drug-likeness (QED) is 0.838. The van der Waals surface area contributed by atoms with Gasteiger partial charge in [-0.05, 0) is 18.8 Å². The third kappa shape index (κ3) is 2.60. The number of carbonyl (C=O) groups is 1. The van der Waals surface area contributed by atoms with Gasteiger partial charge in [0.1, 0.15) is 12.1 Å². The summed E-state index contributed by atoms with van der Waals surface area (Å²) in [6, 6.07) is 0. The first-order valence-corrected chi connectivity index (χ1v) is 7.61. The fraction of sp³-hybridized carbons (Fsp3) is 0.667. The van der Waals surface area contributed by atoms with E-state index in [-0.39, 0.29) is 11.8 Å². The Morgan fingerprint density at radius 1 is 1.29 bits per heavy atom. The van der Waals surface area contributed by atoms with Crippen LogP contribution in [0, 0.1) is 0 Å². The Kier molecular flexibility index (Phi) is 3.80. The summed E-state index contributed by atoms with van der Waals surface area (Å²) in [5.41, 5.74) is 1.86. The maximum absolute atomic E-state index is 11.5. The van der Waals surface area contributed by atoms with E-state index in [0.29, 0.717) is 6.42 Å². The molecule has 3 rings (SSSR count). The summed E-state index contributed by atoms with van der Waals surface area (Å²) in [6.45, 7) is 6.93. The minimum atomic E-state index is -0.475. The number of anilines is 1. The minimum Gasteiger partial charge on any atom is -0.387 e. The molecular formula is C15H22N4O2. The first-order valence-electron chi connectivity index (χ1n) is 7.61. The fourth-order valence-corrected chi connectivity index (χ4v) is 3.40. The van der Waals surface area contributed by atoms with E-state index in [9.17, 15) is 9.90 Å². The summed E-state index contributed by atoms with van der Waals surface area (Å²) in [4.78, 5) is 24.4. The molecule has 0 saturated carbocycles. The van der Waals surface area contributed by atoms with E-state index in [4.69, 9.17) is 0 Å². The molecule has 2 heterocycles. The van der Waals surface area contributed by atoms with Gasteiger partial charge in [0.2, 0.25) is 5.91 Å². The number of hydrogen-bond donors (Lipinski definition) is 1. The van der Waals surface area contributed by atoms with Gasteiger partial charge < -0.3 is 14.9 Å². The number of aliphatic hydroxyl groups is 1. The molecule has 1 aliphatic heterocycles. The van der Waals surface area contributed by atoms with Gasteiger partial charge in [-0.2, -0.15) is 0 Å². The van der Waals surface area contributed by atoms with Crippen molar-refractivity contribution in [3.05, 3.63) is 17.6 Å². The van der Waals surface area contributed by atoms with E-state index >= 15 is 0 Å². The van der Waals surface area contributed by atoms with Gasteiger partial charge in [0.15, 0.2) is 0 Å². The van der Waals surface area contributed by atoms with E-state index in [0.717, 1.165) is 49.7 Å². The second-order valence-electron chi connectivity index (χ2n) is 6.00. The molecule has 2 aliphatic rings. The van der Waals surface area contributed by atoms with Crippen LogP contribution >= 0.6 is 0 Å². The molecule has 1 aromatic rings. The molecule has 21 heavy (non-hydrogen) atoms. The molecule has 114 valence electrons. The van der Waals surface area contributed by atoms with Crippen molar-refractivity contribution in [2.45, 2.75) is 38.7 Å². The molecule has 6 heteroatoms. The Morgan fingerprint density at radius 3 is 2.86 bits per heavy atom. The van der Waals surface area contributed by atoms with Crippen molar-refractivity contribution < 1.29 is 9.90 Å². The zero-order chi connectivity index (χ0) is 15.0. The Hall–Kier alpha value is -1.69. The lowest BCUT2D eigenvalue weighted by Crippen LogP contribution is -2.34. The predicted molar refractivity (Wildman–Crippen MR) is 79.1 cm³/mol. The zero-order valence-corrected chi connectivity index (χ0v) is 12.6. The van der Waals surface area contributed by atoms with E-state index in [1.165, 1.54) is 0 Å². The Labute approximate surface area is 124 Å². The summed E-state index contributed by atoms with van der Waals surface area (Å²) in [5.74, 6) is 1.35. The van der Waals surface area contributed by atoms with Crippen molar-refractivity contribution in [3.63, 3.8) is 0 Å². The number of fused-ring (bicyclic) bond motifs is 1. The number of rotatable bonds is 1. The number of aromatic nitrogens is 2. The van der Waals surface area contributed by atoms with Gasteiger partial charge in [-0.15, -0.1) is 0 Å². The first-order chi connectivity index (χ1) is 10.1. The van der Waals surface area contributed by atoms with Gasteiger partial charge in [0.05, 0.1) is 11.8 Å². The summed E-state index contributed by atoms with van der Waals surface area (Å²) in [6.07, 6.45) is 2.73. The number of nitrogens with zero attached hydrogens (tertiary/aromatic N) is 4. The molecule has 1 amide bonds. The molecule has 0 aromatic carbocycles. The van der Waals surface area contributed by atoms with E-state index in [1.54, 1.807) is 13.3 Å². The van der Waals surface area contributed by atoms with Crippen LogP contribution in [0.3, 0.4) is 0 Å². The number of aliphatic hydroxyl groups excluding tert-OH is 1. The standard InChI is InChI=1S/C15H22N4O2/c1-10-8-12(21)14-13(10)15(17-9-16-14)19-5-3-4-18(6-7-19)11(2)20/h9-10,12,21H,3-8H2,1-2H3/t10-,12-/m1/s1. The number of amides is 1. The van der Waals surface area contributed by atoms with Crippen LogP contribution in [0.2, 0.25) is 0 Å². The molecule has 2 atom stereocenters. The Morgan fingerprint density at radius 2 is 2.10 bits per heavy atom. The van der Waals surface area contributed by atoms with Gasteiger partial charge in [0.25, 0.3) is 0 Å². The highest BCUT2D eigenvalue weighted by Gasteiger charge is 2.33. The second-order valence-corrected chi connectivity index (χ2v) is 6.00. The summed E-state index contributed by atoms with van der Waals surface area (Å²) in [7, 11) is 0. The molecule has 0 radical (unpaired) electrons. The normalized spacial score (nSPS) is 25.7. The Bertz CT molecular complexity index is 548. The highest BCUT2D eigenvalue weighted by atomic mass is 16.3. The van der Waals surface area contributed by atoms with Gasteiger partial charge in [-0.25, -0.2) is 9.97 Å². The SMILES string of the molecule is CC(=O)N1CCCN(c2ncnc3c2[C@H](C)C[C@H]3O)CC1. The predicted octanol–water partition coefficient (Wildman–Crippen LogP) is 1.08. The third-order valence-corrected chi connectivity index (χ3v) is 4.52. The van der Waals surface area contributed by atoms with Crippen molar-refractivity contribution in [1.82, 2.24) is 14.9 Å². The van der Waals surface area contributed by atoms with Crippen LogP contribution in [-0.2, 0) is 4.79 Å². The molecule has 1 aliphatic carbocycles. The minimum absolute atomic E-state index is 0.133. The summed E-state index contributed by atoms with van der Waals surface area (Å²) in [5, 5.41) is 10.1. The first kappa shape index (κ1) is 14.3. The van der Waals surface area contributed by atoms with Crippen LogP contribution in [0.5, 0.6) is 0 Å². The maximum atomic E-state index is 11.5. The smallest absolute Gasteiger partial charge is 0.219 e. The van der Waals surface area contributed by atoms with E-state index < -0.39 is 6.10 Å². The van der Waals surface area contributed by atoms with Crippen molar-refractivity contribution in [3.8, 4) is 0 Å². The van der Waals surface area contributed by atoms with Crippen molar-refractivity contribution in [2.24, 2.45) is 0 Å². The van der Waals surface area contributed by atoms with E-state index in [1.807, 2.05) is 4.90 Å². The molecule has 1 aromatic heterocycles. The Balaban J connectivity index is 1.87. The average molecular weight is 290 g/mol. The van der Waals surface area contributed by atoms with Crippen molar-refractivity contribution in [2.75, 3.05) is 31.1 Å². The fourth-order valence-electron chi connectivity index (χ4n) is 3.40. The molecular weight excluding hydrogens is 268 g/mol. The number of hydrogen-bond acceptors (Lipinski definition) is 5. The monoisotopic (exact) mass is 290 g/mol. The second kappa shape index (κ2) is 5.60. The van der Waals surface area contributed by atoms with Crippen LogP contribution in [0.25, 0.3) is 0 Å². The van der Waals surface area contributed by atoms with Gasteiger partial charge in [-0.3, -0.25) is 4.79 Å². The molecule has 0 unspecified atom stereocenters.